The van der Waals surface area contributed by atoms with Gasteiger partial charge in [-0.1, -0.05) is 115 Å². The molecular formula is C49H31N3O2. The van der Waals surface area contributed by atoms with Crippen LogP contribution in [0.15, 0.2) is 183 Å². The maximum absolute atomic E-state index is 6.64. The fourth-order valence-electron chi connectivity index (χ4n) is 8.30. The maximum atomic E-state index is 6.64. The summed E-state index contributed by atoms with van der Waals surface area (Å²) >= 11 is 0. The molecule has 0 unspecified atom stereocenters. The molecule has 0 aliphatic heterocycles. The van der Waals surface area contributed by atoms with E-state index >= 15 is 0 Å². The normalized spacial score (nSPS) is 12.3. The van der Waals surface area contributed by atoms with Gasteiger partial charge in [-0.05, 0) is 70.9 Å². The van der Waals surface area contributed by atoms with Crippen molar-refractivity contribution in [2.45, 2.75) is 6.54 Å². The molecule has 0 amide bonds. The highest BCUT2D eigenvalue weighted by molar-refractivity contribution is 6.20. The summed E-state index contributed by atoms with van der Waals surface area (Å²) in [5.74, 6) is 0.606. The van der Waals surface area contributed by atoms with E-state index in [0.29, 0.717) is 18.0 Å². The predicted molar refractivity (Wildman–Crippen MR) is 224 cm³/mol. The molecule has 0 N–H and O–H groups in total. The van der Waals surface area contributed by atoms with Crippen molar-refractivity contribution in [3.63, 3.8) is 0 Å². The smallest absolute Gasteiger partial charge is 0.179 e. The van der Waals surface area contributed by atoms with E-state index < -0.39 is 0 Å². The Bertz CT molecular complexity index is 3340. The predicted octanol–water partition coefficient (Wildman–Crippen LogP) is 13.1. The third-order valence-corrected chi connectivity index (χ3v) is 10.8. The molecule has 5 heteroatoms. The van der Waals surface area contributed by atoms with Crippen molar-refractivity contribution in [1.29, 1.82) is 0 Å². The molecule has 0 radical (unpaired) electrons. The second-order valence-corrected chi connectivity index (χ2v) is 13.8. The number of fused-ring (bicyclic) bond motifs is 10. The number of furan rings is 2. The number of aromatic nitrogens is 1. The largest absolute Gasteiger partial charge is 0.456 e. The molecule has 0 spiro atoms. The van der Waals surface area contributed by atoms with E-state index in [9.17, 15) is 0 Å². The van der Waals surface area contributed by atoms with Crippen LogP contribution in [0.5, 0.6) is 0 Å². The third-order valence-electron chi connectivity index (χ3n) is 10.8. The van der Waals surface area contributed by atoms with E-state index in [-0.39, 0.29) is 0 Å². The second kappa shape index (κ2) is 11.9. The van der Waals surface area contributed by atoms with Gasteiger partial charge in [0.05, 0.1) is 17.6 Å². The topological polar surface area (TPSA) is 55.9 Å². The minimum absolute atomic E-state index is 0.405. The van der Waals surface area contributed by atoms with Crippen LogP contribution in [0.3, 0.4) is 0 Å². The molecule has 54 heavy (non-hydrogen) atoms. The van der Waals surface area contributed by atoms with Gasteiger partial charge < -0.3 is 13.4 Å². The molecule has 0 saturated carbocycles. The van der Waals surface area contributed by atoms with Gasteiger partial charge in [0.25, 0.3) is 0 Å². The highest BCUT2D eigenvalue weighted by Crippen LogP contribution is 2.40. The first kappa shape index (κ1) is 30.4. The van der Waals surface area contributed by atoms with Crippen LogP contribution in [-0.2, 0) is 6.54 Å². The van der Waals surface area contributed by atoms with Gasteiger partial charge in [0.2, 0.25) is 0 Å². The van der Waals surface area contributed by atoms with Crippen LogP contribution in [0, 0.1) is 0 Å². The molecule has 0 aliphatic carbocycles. The van der Waals surface area contributed by atoms with Crippen molar-refractivity contribution in [3.05, 3.63) is 181 Å². The molecule has 11 rings (SSSR count). The zero-order chi connectivity index (χ0) is 35.8. The minimum Gasteiger partial charge on any atom is -0.456 e. The van der Waals surface area contributed by atoms with Crippen molar-refractivity contribution in [2.75, 3.05) is 0 Å². The van der Waals surface area contributed by atoms with Gasteiger partial charge >= 0.3 is 0 Å². The molecule has 0 fully saturated rings. The van der Waals surface area contributed by atoms with Gasteiger partial charge in [0.1, 0.15) is 28.1 Å². The zero-order valence-electron chi connectivity index (χ0n) is 29.2. The highest BCUT2D eigenvalue weighted by atomic mass is 16.3. The standard InChI is InChI=1S/C49H31N3O2/c1-50-47-40-17-7-9-19-42(40)54-49(47)46(33-22-21-30-11-2-3-13-32(30)27-33)51-29-34-14-10-20-43-45(34)39-26-24-35(28-44(39)53-43)52-41-18-8-6-16-37(41)38-25-23-31-12-4-5-15-36(31)48(38)52/h2-28H,1,29H2/b51-46-. The van der Waals surface area contributed by atoms with Crippen molar-refractivity contribution in [1.82, 2.24) is 4.57 Å². The van der Waals surface area contributed by atoms with E-state index in [1.54, 1.807) is 0 Å². The number of rotatable bonds is 6. The molecule has 0 atom stereocenters. The lowest BCUT2D eigenvalue weighted by Gasteiger charge is -2.10. The first-order valence-corrected chi connectivity index (χ1v) is 18.1. The van der Waals surface area contributed by atoms with E-state index in [4.69, 9.17) is 13.8 Å². The lowest BCUT2D eigenvalue weighted by atomic mass is 10.0. The Morgan fingerprint density at radius 3 is 2.15 bits per heavy atom. The molecule has 3 heterocycles. The number of nitrogens with zero attached hydrogens (tertiary/aromatic N) is 3. The van der Waals surface area contributed by atoms with Crippen molar-refractivity contribution in [2.24, 2.45) is 9.98 Å². The fourth-order valence-corrected chi connectivity index (χ4v) is 8.30. The minimum atomic E-state index is 0.405. The summed E-state index contributed by atoms with van der Waals surface area (Å²) in [4.78, 5) is 9.77. The van der Waals surface area contributed by atoms with Crippen LogP contribution in [0.4, 0.5) is 5.69 Å². The molecule has 0 aliphatic rings. The van der Waals surface area contributed by atoms with Crippen LogP contribution >= 0.6 is 0 Å². The zero-order valence-corrected chi connectivity index (χ0v) is 29.2. The summed E-state index contributed by atoms with van der Waals surface area (Å²) < 4.78 is 15.5. The van der Waals surface area contributed by atoms with Crippen molar-refractivity contribution < 1.29 is 8.83 Å². The SMILES string of the molecule is C=Nc1c(/C(=N\Cc2cccc3oc4cc(-n5c6ccccc6c6ccc7ccccc7c65)ccc4c23)c2ccc3ccccc3c2)oc2ccccc12. The van der Waals surface area contributed by atoms with Crippen LogP contribution in [-0.4, -0.2) is 17.0 Å². The summed E-state index contributed by atoms with van der Waals surface area (Å²) in [7, 11) is 0. The Morgan fingerprint density at radius 2 is 1.26 bits per heavy atom. The third kappa shape index (κ3) is 4.58. The first-order chi connectivity index (χ1) is 26.7. The number of para-hydroxylation sites is 2. The maximum Gasteiger partial charge on any atom is 0.179 e. The molecule has 0 saturated heterocycles. The summed E-state index contributed by atoms with van der Waals surface area (Å²) in [5, 5.41) is 10.2. The lowest BCUT2D eigenvalue weighted by molar-refractivity contribution is 0.605. The summed E-state index contributed by atoms with van der Waals surface area (Å²) in [6.07, 6.45) is 0. The second-order valence-electron chi connectivity index (χ2n) is 13.8. The van der Waals surface area contributed by atoms with Crippen molar-refractivity contribution in [3.8, 4) is 5.69 Å². The monoisotopic (exact) mass is 693 g/mol. The Kier molecular flexibility index (Phi) is 6.70. The molecular weight excluding hydrogens is 663 g/mol. The fraction of sp³-hybridized carbons (Fsp3) is 0.0204. The Labute approximate surface area is 309 Å². The Morgan fingerprint density at radius 1 is 0.537 bits per heavy atom. The molecule has 254 valence electrons. The van der Waals surface area contributed by atoms with Gasteiger partial charge in [0.15, 0.2) is 5.76 Å². The summed E-state index contributed by atoms with van der Waals surface area (Å²) in [6, 6.07) is 57.2. The molecule has 5 nitrogen and oxygen atoms in total. The van der Waals surface area contributed by atoms with Crippen LogP contribution in [0.1, 0.15) is 16.9 Å². The lowest BCUT2D eigenvalue weighted by Crippen LogP contribution is -2.04. The van der Waals surface area contributed by atoms with Crippen LogP contribution < -0.4 is 0 Å². The van der Waals surface area contributed by atoms with Gasteiger partial charge in [-0.25, -0.2) is 0 Å². The number of aliphatic imine (C=N–C) groups is 2. The van der Waals surface area contributed by atoms with Gasteiger partial charge in [0, 0.05) is 49.6 Å². The Hall–Kier alpha value is -7.24. The molecule has 0 bridgehead atoms. The van der Waals surface area contributed by atoms with E-state index in [2.05, 4.69) is 144 Å². The summed E-state index contributed by atoms with van der Waals surface area (Å²) in [5.41, 5.74) is 9.24. The highest BCUT2D eigenvalue weighted by Gasteiger charge is 2.21. The van der Waals surface area contributed by atoms with Crippen molar-refractivity contribution >= 4 is 94.4 Å². The van der Waals surface area contributed by atoms with Crippen LogP contribution in [0.25, 0.3) is 81.9 Å². The van der Waals surface area contributed by atoms with Gasteiger partial charge in [-0.3, -0.25) is 9.98 Å². The average molecular weight is 694 g/mol. The number of hydrogen-bond acceptors (Lipinski definition) is 4. The van der Waals surface area contributed by atoms with E-state index in [1.165, 1.54) is 27.1 Å². The van der Waals surface area contributed by atoms with Gasteiger partial charge in [-0.15, -0.1) is 0 Å². The van der Waals surface area contributed by atoms with E-state index in [1.807, 2.05) is 36.4 Å². The number of benzene rings is 8. The van der Waals surface area contributed by atoms with E-state index in [0.717, 1.165) is 71.7 Å². The molecule has 8 aromatic carbocycles. The summed E-state index contributed by atoms with van der Waals surface area (Å²) in [6.45, 7) is 4.33. The Balaban J connectivity index is 1.08. The first-order valence-electron chi connectivity index (χ1n) is 18.1. The van der Waals surface area contributed by atoms with Gasteiger partial charge in [-0.2, -0.15) is 0 Å². The quantitative estimate of drug-likeness (QED) is 0.163. The molecule has 3 aromatic heterocycles. The number of hydrogen-bond donors (Lipinski definition) is 0. The molecule has 11 aromatic rings. The average Bonchev–Trinajstić information content (AvgIpc) is 3.90. The van der Waals surface area contributed by atoms with Crippen LogP contribution in [0.2, 0.25) is 0 Å².